The van der Waals surface area contributed by atoms with Crippen LogP contribution in [0.15, 0.2) is 0 Å². The molecule has 1 atom stereocenters. The molecule has 0 aromatic rings. The van der Waals surface area contributed by atoms with Crippen LogP contribution in [0, 0.1) is 5.41 Å². The molecule has 5 nitrogen and oxygen atoms in total. The molecule has 0 spiro atoms. The lowest BCUT2D eigenvalue weighted by Gasteiger charge is -2.36. The molecule has 1 aliphatic rings. The number of hydrogen-bond donors (Lipinski definition) is 1. The highest BCUT2D eigenvalue weighted by molar-refractivity contribution is 7.91. The molecule has 1 heterocycles. The van der Waals surface area contributed by atoms with E-state index in [1.807, 2.05) is 0 Å². The summed E-state index contributed by atoms with van der Waals surface area (Å²) in [5.74, 6) is -0.206. The molecule has 0 bridgehead atoms. The summed E-state index contributed by atoms with van der Waals surface area (Å²) in [6.45, 7) is 5.60. The largest absolute Gasteiger partial charge is 0.325 e. The maximum absolute atomic E-state index is 11.9. The van der Waals surface area contributed by atoms with Crippen LogP contribution in [0.5, 0.6) is 0 Å². The van der Waals surface area contributed by atoms with Gasteiger partial charge in [-0.1, -0.05) is 20.8 Å². The fraction of sp³-hybridized carbons (Fsp3) is 0.889. The van der Waals surface area contributed by atoms with Crippen LogP contribution in [0.4, 0.5) is 0 Å². The summed E-state index contributed by atoms with van der Waals surface area (Å²) in [5.41, 5.74) is 5.16. The summed E-state index contributed by atoms with van der Waals surface area (Å²) < 4.78 is 22.5. The first-order valence-corrected chi connectivity index (χ1v) is 6.73. The van der Waals surface area contributed by atoms with Gasteiger partial charge in [0.1, 0.15) is 0 Å². The third kappa shape index (κ3) is 2.92. The summed E-state index contributed by atoms with van der Waals surface area (Å²) in [6, 6.07) is 0. The zero-order chi connectivity index (χ0) is 11.9. The average Bonchev–Trinajstić information content (AvgIpc) is 1.99. The molecule has 1 amide bonds. The second-order valence-electron chi connectivity index (χ2n) is 4.93. The van der Waals surface area contributed by atoms with Crippen molar-refractivity contribution in [1.29, 1.82) is 0 Å². The smallest absolute Gasteiger partial charge is 0.229 e. The van der Waals surface area contributed by atoms with Crippen molar-refractivity contribution in [3.8, 4) is 0 Å². The van der Waals surface area contributed by atoms with Crippen LogP contribution in [-0.4, -0.2) is 43.4 Å². The summed E-state index contributed by atoms with van der Waals surface area (Å²) >= 11 is 0. The number of carbonyl (C=O) groups excluding carboxylic acids is 1. The van der Waals surface area contributed by atoms with E-state index < -0.39 is 21.4 Å². The summed E-state index contributed by atoms with van der Waals surface area (Å²) in [5, 5.41) is 0. The van der Waals surface area contributed by atoms with Crippen LogP contribution in [0.1, 0.15) is 20.8 Å². The van der Waals surface area contributed by atoms with Gasteiger partial charge in [-0.05, 0) is 0 Å². The minimum atomic E-state index is -3.06. The minimum Gasteiger partial charge on any atom is -0.325 e. The Labute approximate surface area is 90.5 Å². The Balaban J connectivity index is 2.80. The van der Waals surface area contributed by atoms with Crippen molar-refractivity contribution in [1.82, 2.24) is 4.90 Å². The predicted octanol–water partition coefficient (Wildman–Crippen LogP) is -0.426. The summed E-state index contributed by atoms with van der Waals surface area (Å²) in [7, 11) is -3.06. The van der Waals surface area contributed by atoms with Crippen LogP contribution < -0.4 is 5.73 Å². The Kier molecular flexibility index (Phi) is 3.11. The fourth-order valence-electron chi connectivity index (χ4n) is 1.52. The Morgan fingerprint density at radius 1 is 1.40 bits per heavy atom. The number of amides is 1. The highest BCUT2D eigenvalue weighted by Crippen LogP contribution is 2.20. The van der Waals surface area contributed by atoms with Gasteiger partial charge in [0.25, 0.3) is 0 Å². The van der Waals surface area contributed by atoms with E-state index in [-0.39, 0.29) is 24.0 Å². The molecule has 88 valence electrons. The van der Waals surface area contributed by atoms with Gasteiger partial charge in [-0.3, -0.25) is 4.79 Å². The lowest BCUT2D eigenvalue weighted by atomic mass is 9.94. The Morgan fingerprint density at radius 3 is 2.33 bits per heavy atom. The van der Waals surface area contributed by atoms with E-state index in [9.17, 15) is 13.2 Å². The molecule has 0 saturated carbocycles. The lowest BCUT2D eigenvalue weighted by Crippen LogP contribution is -2.58. The normalized spacial score (nSPS) is 26.4. The van der Waals surface area contributed by atoms with Crippen molar-refractivity contribution in [3.05, 3.63) is 0 Å². The molecule has 2 N–H and O–H groups in total. The van der Waals surface area contributed by atoms with Gasteiger partial charge in [-0.25, -0.2) is 8.42 Å². The molecule has 15 heavy (non-hydrogen) atoms. The van der Waals surface area contributed by atoms with Gasteiger partial charge in [0.2, 0.25) is 5.91 Å². The SMILES string of the molecule is CC(C)(C)C(=O)N1CCS(=O)(=O)CC1N. The van der Waals surface area contributed by atoms with Gasteiger partial charge in [0.05, 0.1) is 17.7 Å². The lowest BCUT2D eigenvalue weighted by molar-refractivity contribution is -0.141. The molecule has 1 aliphatic heterocycles. The van der Waals surface area contributed by atoms with Crippen molar-refractivity contribution in [2.45, 2.75) is 26.9 Å². The number of carbonyl (C=O) groups is 1. The van der Waals surface area contributed by atoms with Crippen molar-refractivity contribution in [3.63, 3.8) is 0 Å². The molecule has 0 aliphatic carbocycles. The van der Waals surface area contributed by atoms with Crippen LogP contribution in [0.3, 0.4) is 0 Å². The van der Waals surface area contributed by atoms with Crippen molar-refractivity contribution in [2.75, 3.05) is 18.1 Å². The van der Waals surface area contributed by atoms with Crippen LogP contribution >= 0.6 is 0 Å². The quantitative estimate of drug-likeness (QED) is 0.617. The van der Waals surface area contributed by atoms with Gasteiger partial charge >= 0.3 is 0 Å². The van der Waals surface area contributed by atoms with E-state index >= 15 is 0 Å². The number of rotatable bonds is 0. The topological polar surface area (TPSA) is 80.5 Å². The maximum atomic E-state index is 11.9. The van der Waals surface area contributed by atoms with Gasteiger partial charge in [0.15, 0.2) is 9.84 Å². The van der Waals surface area contributed by atoms with E-state index in [0.717, 1.165) is 0 Å². The molecule has 1 rings (SSSR count). The first kappa shape index (κ1) is 12.4. The first-order valence-electron chi connectivity index (χ1n) is 4.90. The van der Waals surface area contributed by atoms with E-state index in [1.54, 1.807) is 20.8 Å². The van der Waals surface area contributed by atoms with E-state index in [0.29, 0.717) is 0 Å². The number of sulfone groups is 1. The van der Waals surface area contributed by atoms with Crippen LogP contribution in [0.2, 0.25) is 0 Å². The van der Waals surface area contributed by atoms with E-state index in [1.165, 1.54) is 4.90 Å². The Hall–Kier alpha value is -0.620. The zero-order valence-electron chi connectivity index (χ0n) is 9.36. The van der Waals surface area contributed by atoms with Gasteiger partial charge in [-0.2, -0.15) is 0 Å². The van der Waals surface area contributed by atoms with Gasteiger partial charge in [0, 0.05) is 12.0 Å². The van der Waals surface area contributed by atoms with Gasteiger partial charge in [-0.15, -0.1) is 0 Å². The Bertz CT molecular complexity index is 356. The molecule has 1 fully saturated rings. The molecule has 1 unspecified atom stereocenters. The number of nitrogens with zero attached hydrogens (tertiary/aromatic N) is 1. The summed E-state index contributed by atoms with van der Waals surface area (Å²) in [6.07, 6.45) is -0.699. The number of hydrogen-bond acceptors (Lipinski definition) is 4. The second kappa shape index (κ2) is 3.75. The van der Waals surface area contributed by atoms with Crippen molar-refractivity contribution in [2.24, 2.45) is 11.1 Å². The van der Waals surface area contributed by atoms with Crippen molar-refractivity contribution < 1.29 is 13.2 Å². The number of nitrogens with two attached hydrogens (primary N) is 1. The molecule has 0 aromatic heterocycles. The van der Waals surface area contributed by atoms with Gasteiger partial charge < -0.3 is 10.6 Å². The molecule has 1 saturated heterocycles. The van der Waals surface area contributed by atoms with Crippen LogP contribution in [-0.2, 0) is 14.6 Å². The highest BCUT2D eigenvalue weighted by atomic mass is 32.2. The fourth-order valence-corrected chi connectivity index (χ4v) is 2.86. The van der Waals surface area contributed by atoms with E-state index in [2.05, 4.69) is 0 Å². The first-order chi connectivity index (χ1) is 6.63. The highest BCUT2D eigenvalue weighted by Gasteiger charge is 2.36. The third-order valence-corrected chi connectivity index (χ3v) is 4.02. The predicted molar refractivity (Wildman–Crippen MR) is 57.8 cm³/mol. The average molecular weight is 234 g/mol. The maximum Gasteiger partial charge on any atom is 0.229 e. The molecular formula is C9H18N2O3S. The van der Waals surface area contributed by atoms with E-state index in [4.69, 9.17) is 5.73 Å². The minimum absolute atomic E-state index is 0.0164. The summed E-state index contributed by atoms with van der Waals surface area (Å²) in [4.78, 5) is 13.4. The second-order valence-corrected chi connectivity index (χ2v) is 7.16. The van der Waals surface area contributed by atoms with Crippen molar-refractivity contribution >= 4 is 15.7 Å². The zero-order valence-corrected chi connectivity index (χ0v) is 10.2. The molecule has 0 aromatic carbocycles. The monoisotopic (exact) mass is 234 g/mol. The molecule has 6 heteroatoms. The molecule has 0 radical (unpaired) electrons. The van der Waals surface area contributed by atoms with Crippen LogP contribution in [0.25, 0.3) is 0 Å². The Morgan fingerprint density at radius 2 is 1.93 bits per heavy atom. The standard InChI is InChI=1S/C9H18N2O3S/c1-9(2,3)8(12)11-4-5-15(13,14)6-7(11)10/h7H,4-6,10H2,1-3H3. The molecular weight excluding hydrogens is 216 g/mol. The third-order valence-electron chi connectivity index (χ3n) is 2.37.